The van der Waals surface area contributed by atoms with E-state index in [1.165, 1.54) is 5.56 Å². The van der Waals surface area contributed by atoms with Gasteiger partial charge in [0, 0.05) is 31.4 Å². The van der Waals surface area contributed by atoms with Gasteiger partial charge in [0.15, 0.2) is 0 Å². The molecule has 3 rings (SSSR count). The Morgan fingerprint density at radius 3 is 2.59 bits per heavy atom. The highest BCUT2D eigenvalue weighted by molar-refractivity contribution is 5.77. The van der Waals surface area contributed by atoms with Crippen LogP contribution >= 0.6 is 0 Å². The van der Waals surface area contributed by atoms with E-state index in [1.54, 1.807) is 13.3 Å². The molecule has 1 heterocycles. The first kappa shape index (κ1) is 18.7. The maximum Gasteiger partial charge on any atom is 0.221 e. The number of carbonyl (C=O) groups excluding carboxylic acids is 1. The van der Waals surface area contributed by atoms with Crippen LogP contribution in [0.1, 0.15) is 35.0 Å². The van der Waals surface area contributed by atoms with Crippen molar-refractivity contribution >= 4 is 5.91 Å². The standard InChI is InChI=1S/C22H25N3O2/c1-16-8-10-17(11-9-16)12-13-20(26)24-21(22-23-14-15-25(22)2)18-6-4-5-7-19(18)27-3/h4-11,14-15,21H,12-13H2,1-3H3,(H,24,26). The molecule has 1 atom stereocenters. The van der Waals surface area contributed by atoms with Crippen molar-refractivity contribution in [2.45, 2.75) is 25.8 Å². The zero-order valence-corrected chi connectivity index (χ0v) is 16.0. The molecule has 3 aromatic rings. The summed E-state index contributed by atoms with van der Waals surface area (Å²) in [6.45, 7) is 2.06. The first-order valence-corrected chi connectivity index (χ1v) is 9.03. The maximum absolute atomic E-state index is 12.7. The highest BCUT2D eigenvalue weighted by atomic mass is 16.5. The van der Waals surface area contributed by atoms with E-state index in [2.05, 4.69) is 41.5 Å². The summed E-state index contributed by atoms with van der Waals surface area (Å²) in [6.07, 6.45) is 4.72. The predicted octanol–water partition coefficient (Wildman–Crippen LogP) is 3.58. The number of nitrogens with one attached hydrogen (secondary N) is 1. The van der Waals surface area contributed by atoms with Gasteiger partial charge in [-0.15, -0.1) is 0 Å². The van der Waals surface area contributed by atoms with Crippen LogP contribution in [-0.4, -0.2) is 22.6 Å². The minimum Gasteiger partial charge on any atom is -0.496 e. The second-order valence-corrected chi connectivity index (χ2v) is 6.62. The Morgan fingerprint density at radius 1 is 1.19 bits per heavy atom. The molecule has 140 valence electrons. The molecule has 1 amide bonds. The first-order valence-electron chi connectivity index (χ1n) is 9.03. The van der Waals surface area contributed by atoms with Crippen LogP contribution in [0.25, 0.3) is 0 Å². The second-order valence-electron chi connectivity index (χ2n) is 6.62. The summed E-state index contributed by atoms with van der Waals surface area (Å²) >= 11 is 0. The number of carbonyl (C=O) groups is 1. The van der Waals surface area contributed by atoms with E-state index in [0.29, 0.717) is 12.8 Å². The lowest BCUT2D eigenvalue weighted by Crippen LogP contribution is -2.31. The van der Waals surface area contributed by atoms with Gasteiger partial charge in [-0.2, -0.15) is 0 Å². The molecular weight excluding hydrogens is 338 g/mol. The smallest absolute Gasteiger partial charge is 0.221 e. The molecule has 0 bridgehead atoms. The summed E-state index contributed by atoms with van der Waals surface area (Å²) in [4.78, 5) is 17.1. The van der Waals surface area contributed by atoms with Crippen LogP contribution in [0.4, 0.5) is 0 Å². The average molecular weight is 363 g/mol. The Hall–Kier alpha value is -3.08. The zero-order valence-electron chi connectivity index (χ0n) is 16.0. The number of hydrogen-bond acceptors (Lipinski definition) is 3. The topological polar surface area (TPSA) is 56.1 Å². The number of benzene rings is 2. The number of amides is 1. The van der Waals surface area contributed by atoms with Gasteiger partial charge in [0.25, 0.3) is 0 Å². The summed E-state index contributed by atoms with van der Waals surface area (Å²) in [5.41, 5.74) is 3.26. The maximum atomic E-state index is 12.7. The van der Waals surface area contributed by atoms with Crippen LogP contribution in [-0.2, 0) is 18.3 Å². The quantitative estimate of drug-likeness (QED) is 0.698. The number of aryl methyl sites for hydroxylation is 3. The van der Waals surface area contributed by atoms with E-state index in [-0.39, 0.29) is 11.9 Å². The van der Waals surface area contributed by atoms with Gasteiger partial charge in [-0.1, -0.05) is 48.0 Å². The summed E-state index contributed by atoms with van der Waals surface area (Å²) < 4.78 is 7.41. The third-order valence-corrected chi connectivity index (χ3v) is 4.63. The number of nitrogens with zero attached hydrogens (tertiary/aromatic N) is 2. The van der Waals surface area contributed by atoms with E-state index in [4.69, 9.17) is 4.74 Å². The van der Waals surface area contributed by atoms with Crippen LogP contribution < -0.4 is 10.1 Å². The molecule has 1 unspecified atom stereocenters. The molecule has 0 fully saturated rings. The van der Waals surface area contributed by atoms with Crippen molar-refractivity contribution < 1.29 is 9.53 Å². The minimum atomic E-state index is -0.369. The average Bonchev–Trinajstić information content (AvgIpc) is 3.11. The van der Waals surface area contributed by atoms with Gasteiger partial charge >= 0.3 is 0 Å². The van der Waals surface area contributed by atoms with Crippen LogP contribution in [0, 0.1) is 6.92 Å². The number of hydrogen-bond donors (Lipinski definition) is 1. The van der Waals surface area contributed by atoms with Gasteiger partial charge in [-0.05, 0) is 25.0 Å². The predicted molar refractivity (Wildman–Crippen MR) is 106 cm³/mol. The molecule has 1 aromatic heterocycles. The van der Waals surface area contributed by atoms with Crippen molar-refractivity contribution in [1.29, 1.82) is 0 Å². The zero-order chi connectivity index (χ0) is 19.2. The molecule has 0 radical (unpaired) electrons. The van der Waals surface area contributed by atoms with E-state index in [9.17, 15) is 4.79 Å². The molecule has 5 heteroatoms. The minimum absolute atomic E-state index is 0.0190. The number of methoxy groups -OCH3 is 1. The molecule has 0 aliphatic heterocycles. The van der Waals surface area contributed by atoms with Crippen LogP contribution in [0.2, 0.25) is 0 Å². The van der Waals surface area contributed by atoms with E-state index in [0.717, 1.165) is 22.7 Å². The Morgan fingerprint density at radius 2 is 1.93 bits per heavy atom. The Bertz CT molecular complexity index is 900. The Labute approximate surface area is 160 Å². The normalized spacial score (nSPS) is 11.8. The lowest BCUT2D eigenvalue weighted by Gasteiger charge is -2.21. The lowest BCUT2D eigenvalue weighted by molar-refractivity contribution is -0.121. The van der Waals surface area contributed by atoms with Gasteiger partial charge in [-0.3, -0.25) is 4.79 Å². The highest BCUT2D eigenvalue weighted by Crippen LogP contribution is 2.29. The van der Waals surface area contributed by atoms with Gasteiger partial charge in [0.2, 0.25) is 5.91 Å². The number of ether oxygens (including phenoxy) is 1. The van der Waals surface area contributed by atoms with E-state index < -0.39 is 0 Å². The first-order chi connectivity index (χ1) is 13.1. The molecule has 1 N–H and O–H groups in total. The summed E-state index contributed by atoms with van der Waals surface area (Å²) in [5.74, 6) is 1.47. The molecule has 5 nitrogen and oxygen atoms in total. The van der Waals surface area contributed by atoms with Crippen molar-refractivity contribution in [2.24, 2.45) is 7.05 Å². The number of para-hydroxylation sites is 1. The third kappa shape index (κ3) is 4.56. The van der Waals surface area contributed by atoms with Crippen molar-refractivity contribution in [3.8, 4) is 5.75 Å². The Kier molecular flexibility index (Phi) is 5.91. The van der Waals surface area contributed by atoms with Gasteiger partial charge < -0.3 is 14.6 Å². The van der Waals surface area contributed by atoms with E-state index in [1.807, 2.05) is 42.1 Å². The van der Waals surface area contributed by atoms with Crippen LogP contribution in [0.15, 0.2) is 60.9 Å². The van der Waals surface area contributed by atoms with Gasteiger partial charge in [-0.25, -0.2) is 4.98 Å². The number of rotatable bonds is 7. The molecule has 0 aliphatic rings. The lowest BCUT2D eigenvalue weighted by atomic mass is 10.0. The number of aromatic nitrogens is 2. The fourth-order valence-corrected chi connectivity index (χ4v) is 3.09. The molecular formula is C22H25N3O2. The van der Waals surface area contributed by atoms with Crippen LogP contribution in [0.5, 0.6) is 5.75 Å². The summed E-state index contributed by atoms with van der Waals surface area (Å²) in [7, 11) is 3.55. The number of imidazole rings is 1. The molecule has 0 aliphatic carbocycles. The second kappa shape index (κ2) is 8.54. The largest absolute Gasteiger partial charge is 0.496 e. The Balaban J connectivity index is 1.78. The fraction of sp³-hybridized carbons (Fsp3) is 0.273. The van der Waals surface area contributed by atoms with Gasteiger partial charge in [0.1, 0.15) is 17.6 Å². The van der Waals surface area contributed by atoms with Crippen LogP contribution in [0.3, 0.4) is 0 Å². The molecule has 2 aromatic carbocycles. The SMILES string of the molecule is COc1ccccc1C(NC(=O)CCc1ccc(C)cc1)c1nccn1C. The van der Waals surface area contributed by atoms with Crippen molar-refractivity contribution in [1.82, 2.24) is 14.9 Å². The van der Waals surface area contributed by atoms with Crippen molar-refractivity contribution in [2.75, 3.05) is 7.11 Å². The molecule has 0 spiro atoms. The summed E-state index contributed by atoms with van der Waals surface area (Å²) in [5, 5.41) is 3.13. The summed E-state index contributed by atoms with van der Waals surface area (Å²) in [6, 6.07) is 15.6. The molecule has 0 saturated carbocycles. The third-order valence-electron chi connectivity index (χ3n) is 4.63. The monoisotopic (exact) mass is 363 g/mol. The fourth-order valence-electron chi connectivity index (χ4n) is 3.09. The highest BCUT2D eigenvalue weighted by Gasteiger charge is 2.23. The molecule has 0 saturated heterocycles. The van der Waals surface area contributed by atoms with E-state index >= 15 is 0 Å². The van der Waals surface area contributed by atoms with Gasteiger partial charge in [0.05, 0.1) is 7.11 Å². The van der Waals surface area contributed by atoms with Crippen molar-refractivity contribution in [3.63, 3.8) is 0 Å². The van der Waals surface area contributed by atoms with Crippen molar-refractivity contribution in [3.05, 3.63) is 83.4 Å². The molecule has 27 heavy (non-hydrogen) atoms.